The van der Waals surface area contributed by atoms with Crippen LogP contribution >= 0.6 is 0 Å². The smallest absolute Gasteiger partial charge is 0.259 e. The zero-order valence-corrected chi connectivity index (χ0v) is 36.5. The first-order valence-electron chi connectivity index (χ1n) is 22.4. The average molecular weight is 852 g/mol. The van der Waals surface area contributed by atoms with Crippen LogP contribution in [0.4, 0.5) is 0 Å². The minimum Gasteiger partial charge on any atom is -0.259 e. The number of hydrogen-bond acceptors (Lipinski definition) is 7. The number of pyridine rings is 7. The molecule has 0 radical (unpaired) electrons. The molecule has 3 aliphatic carbocycles. The maximum atomic E-state index is 5.35. The quantitative estimate of drug-likeness (QED) is 0.147. The lowest BCUT2D eigenvalue weighted by atomic mass is 9.67. The molecule has 9 aromatic rings. The summed E-state index contributed by atoms with van der Waals surface area (Å²) < 4.78 is 4.08. The first-order chi connectivity index (χ1) is 32.5. The lowest BCUT2D eigenvalue weighted by molar-refractivity contribution is -0.534. The molecule has 0 amide bonds. The van der Waals surface area contributed by atoms with Crippen LogP contribution in [-0.4, -0.2) is 57.1 Å². The summed E-state index contributed by atoms with van der Waals surface area (Å²) >= 11 is 0. The van der Waals surface area contributed by atoms with Gasteiger partial charge in [-0.25, -0.2) is 0 Å². The van der Waals surface area contributed by atoms with Gasteiger partial charge in [0.25, 0.3) is 5.54 Å². The van der Waals surface area contributed by atoms with Crippen molar-refractivity contribution >= 4 is 6.01 Å². The van der Waals surface area contributed by atoms with E-state index in [1.807, 2.05) is 97.6 Å². The van der Waals surface area contributed by atoms with Gasteiger partial charge in [0.2, 0.25) is 12.4 Å². The summed E-state index contributed by atoms with van der Waals surface area (Å²) in [4.78, 5) is 36.8. The molecule has 7 aromatic heterocycles. The summed E-state index contributed by atoms with van der Waals surface area (Å²) in [5, 5.41) is 0. The minimum atomic E-state index is -0.989. The van der Waals surface area contributed by atoms with Crippen LogP contribution in [0.15, 0.2) is 189 Å². The maximum Gasteiger partial charge on any atom is 0.490 e. The first-order valence-corrected chi connectivity index (χ1v) is 22.4. The Hall–Kier alpha value is -8.39. The standard InChI is InChI=1S/C57H41N9/c1-36(2)37-22-29-58-48(32-37)56(51-44(18-8-25-61-51)45-19-9-26-62-52(45)56)40-14-4-12-38(33-40)55(49-42(16-6-23-59-49)43-17-7-24-60-50(43)55)39-13-5-15-41(34-39)57(66-31-30-65(3)35-66)53-46(20-10-27-63-53)47-21-11-28-64-54(47)57/h4-34,36H,1-3H3/q+2. The highest BCUT2D eigenvalue weighted by atomic mass is 15.2. The lowest BCUT2D eigenvalue weighted by Gasteiger charge is -2.35. The fourth-order valence-electron chi connectivity index (χ4n) is 11.4. The predicted octanol–water partition coefficient (Wildman–Crippen LogP) is 9.89. The maximum absolute atomic E-state index is 5.35. The van der Waals surface area contributed by atoms with Gasteiger partial charge < -0.3 is 0 Å². The second-order valence-electron chi connectivity index (χ2n) is 17.8. The van der Waals surface area contributed by atoms with Crippen molar-refractivity contribution in [2.75, 3.05) is 7.05 Å². The molecule has 66 heavy (non-hydrogen) atoms. The van der Waals surface area contributed by atoms with Crippen LogP contribution in [0.5, 0.6) is 0 Å². The Morgan fingerprint density at radius 1 is 0.409 bits per heavy atom. The second-order valence-corrected chi connectivity index (χ2v) is 17.8. The molecule has 0 N–H and O–H groups in total. The Morgan fingerprint density at radius 3 is 1.27 bits per heavy atom. The zero-order valence-electron chi connectivity index (χ0n) is 36.5. The topological polar surface area (TPSA) is 96.2 Å². The molecule has 312 valence electrons. The van der Waals surface area contributed by atoms with Crippen LogP contribution in [0, 0.1) is 0 Å². The molecule has 0 saturated carbocycles. The molecular weight excluding hydrogens is 811 g/mol. The van der Waals surface area contributed by atoms with Crippen molar-refractivity contribution in [3.63, 3.8) is 0 Å². The number of hydrogen-bond donors (Lipinski definition) is 0. The fourth-order valence-corrected chi connectivity index (χ4v) is 11.4. The van der Waals surface area contributed by atoms with Crippen molar-refractivity contribution in [1.29, 1.82) is 0 Å². The van der Waals surface area contributed by atoms with Crippen molar-refractivity contribution in [2.45, 2.75) is 36.1 Å². The SMILES string of the molecule is CC(C)c1ccnc(C2(c3cccc(C4(c5cccc(C6([N+]7=C=[N+](C)C=C7)c7ncccc7-c7cccnc76)c5)c5ncccc5-c5cccnc54)c3)c3ncccc3-c3cccnc32)c1. The van der Waals surface area contributed by atoms with Gasteiger partial charge >= 0.3 is 6.01 Å². The van der Waals surface area contributed by atoms with E-state index < -0.39 is 16.4 Å². The van der Waals surface area contributed by atoms with Crippen LogP contribution in [0.3, 0.4) is 0 Å². The van der Waals surface area contributed by atoms with Crippen LogP contribution in [0.1, 0.15) is 87.4 Å². The molecule has 4 aliphatic rings. The molecule has 0 saturated heterocycles. The molecular formula is C57H41N9+2. The van der Waals surface area contributed by atoms with Crippen LogP contribution in [0.25, 0.3) is 33.4 Å². The monoisotopic (exact) mass is 851 g/mol. The van der Waals surface area contributed by atoms with E-state index in [0.29, 0.717) is 0 Å². The normalized spacial score (nSPS) is 15.9. The van der Waals surface area contributed by atoms with Crippen molar-refractivity contribution in [1.82, 2.24) is 34.9 Å². The van der Waals surface area contributed by atoms with Crippen molar-refractivity contribution in [2.24, 2.45) is 0 Å². The number of aromatic nitrogens is 7. The van der Waals surface area contributed by atoms with E-state index in [2.05, 4.69) is 128 Å². The Morgan fingerprint density at radius 2 is 0.818 bits per heavy atom. The zero-order chi connectivity index (χ0) is 44.2. The molecule has 9 heteroatoms. The highest BCUT2D eigenvalue weighted by molar-refractivity contribution is 5.86. The second kappa shape index (κ2) is 14.1. The summed E-state index contributed by atoms with van der Waals surface area (Å²) in [6.45, 7) is 4.44. The van der Waals surface area contributed by atoms with Crippen molar-refractivity contribution < 1.29 is 9.15 Å². The highest BCUT2D eigenvalue weighted by Crippen LogP contribution is 2.59. The van der Waals surface area contributed by atoms with Gasteiger partial charge in [-0.2, -0.15) is 0 Å². The summed E-state index contributed by atoms with van der Waals surface area (Å²) in [5.41, 5.74) is 14.8. The number of fused-ring (bicyclic) bond motifs is 9. The fraction of sp³-hybridized carbons (Fsp3) is 0.123. The van der Waals surface area contributed by atoms with Gasteiger partial charge in [-0.15, -0.1) is 0 Å². The van der Waals surface area contributed by atoms with Gasteiger partial charge in [-0.05, 0) is 82.8 Å². The van der Waals surface area contributed by atoms with E-state index in [9.17, 15) is 0 Å². The van der Waals surface area contributed by atoms with E-state index in [-0.39, 0.29) is 5.92 Å². The van der Waals surface area contributed by atoms with Crippen molar-refractivity contribution in [3.8, 4) is 33.4 Å². The molecule has 0 spiro atoms. The van der Waals surface area contributed by atoms with Crippen LogP contribution < -0.4 is 0 Å². The average Bonchev–Trinajstić information content (AvgIpc) is 4.11. The molecule has 13 rings (SSSR count). The molecule has 0 bridgehead atoms. The Balaban J connectivity index is 1.14. The van der Waals surface area contributed by atoms with Gasteiger partial charge in [0.1, 0.15) is 22.2 Å². The largest absolute Gasteiger partial charge is 0.490 e. The predicted molar refractivity (Wildman–Crippen MR) is 252 cm³/mol. The van der Waals surface area contributed by atoms with Gasteiger partial charge in [0.05, 0.1) is 28.5 Å². The number of benzene rings is 2. The van der Waals surface area contributed by atoms with Crippen molar-refractivity contribution in [3.05, 3.63) is 257 Å². The number of nitrogens with zero attached hydrogens (tertiary/aromatic N) is 9. The highest BCUT2D eigenvalue weighted by Gasteiger charge is 2.60. The van der Waals surface area contributed by atoms with Gasteiger partial charge in [0, 0.05) is 82.3 Å². The Bertz CT molecular complexity index is 3480. The number of rotatable bonds is 7. The third-order valence-electron chi connectivity index (χ3n) is 14.2. The summed E-state index contributed by atoms with van der Waals surface area (Å²) in [6, 6.07) is 50.9. The first kappa shape index (κ1) is 38.1. The van der Waals surface area contributed by atoms with E-state index in [4.69, 9.17) is 34.9 Å². The Kier molecular flexibility index (Phi) is 8.11. The lowest BCUT2D eigenvalue weighted by Crippen LogP contribution is -2.39. The molecule has 0 fully saturated rings. The summed E-state index contributed by atoms with van der Waals surface area (Å²) in [6.07, 6.45) is 17.4. The van der Waals surface area contributed by atoms with E-state index in [1.165, 1.54) is 5.56 Å². The van der Waals surface area contributed by atoms with E-state index in [0.717, 1.165) is 95.5 Å². The molecule has 2 aromatic carbocycles. The van der Waals surface area contributed by atoms with Gasteiger partial charge in [-0.1, -0.05) is 102 Å². The third-order valence-corrected chi connectivity index (χ3v) is 14.2. The molecule has 1 aliphatic heterocycles. The summed E-state index contributed by atoms with van der Waals surface area (Å²) in [7, 11) is 1.99. The molecule has 0 unspecified atom stereocenters. The molecule has 9 nitrogen and oxygen atoms in total. The van der Waals surface area contributed by atoms with Crippen LogP contribution in [0.2, 0.25) is 0 Å². The van der Waals surface area contributed by atoms with Crippen LogP contribution in [-0.2, 0) is 16.4 Å². The van der Waals surface area contributed by atoms with Gasteiger partial charge in [0.15, 0.2) is 7.05 Å². The molecule has 8 heterocycles. The molecule has 0 atom stereocenters. The Labute approximate surface area is 382 Å². The van der Waals surface area contributed by atoms with Gasteiger partial charge in [-0.3, -0.25) is 34.9 Å². The van der Waals surface area contributed by atoms with E-state index >= 15 is 0 Å². The third kappa shape index (κ3) is 4.87. The van der Waals surface area contributed by atoms with E-state index in [1.54, 1.807) is 0 Å². The minimum absolute atomic E-state index is 0.279. The summed E-state index contributed by atoms with van der Waals surface area (Å²) in [5.74, 6) is 0.279.